The Morgan fingerprint density at radius 2 is 0.955 bits per heavy atom. The first-order valence-electron chi connectivity index (χ1n) is 13.1. The number of hydrogen-bond donors (Lipinski definition) is 2. The Kier molecular flexibility index (Phi) is 18.4. The Hall–Kier alpha value is -2.88. The molecule has 0 aliphatic carbocycles. The van der Waals surface area contributed by atoms with Gasteiger partial charge in [-0.15, -0.1) is 47.0 Å². The molecule has 0 fully saturated rings. The van der Waals surface area contributed by atoms with Gasteiger partial charge in [-0.05, 0) is 61.0 Å². The van der Waals surface area contributed by atoms with Crippen molar-refractivity contribution >= 4 is 70.9 Å². The second-order valence-corrected chi connectivity index (χ2v) is 12.5. The molecule has 2 rings (SSSR count). The van der Waals surface area contributed by atoms with Gasteiger partial charge in [-0.25, -0.2) is 19.2 Å². The average molecular weight is 683 g/mol. The van der Waals surface area contributed by atoms with E-state index < -0.39 is 36.1 Å². The Balaban J connectivity index is 1.87. The van der Waals surface area contributed by atoms with Gasteiger partial charge in [-0.1, -0.05) is 0 Å². The van der Waals surface area contributed by atoms with Gasteiger partial charge in [0.15, 0.2) is 0 Å². The minimum Gasteiger partial charge on any atom is -0.478 e. The zero-order valence-electron chi connectivity index (χ0n) is 24.1. The van der Waals surface area contributed by atoms with Gasteiger partial charge in [0.2, 0.25) is 0 Å². The summed E-state index contributed by atoms with van der Waals surface area (Å²) in [6.45, 7) is 0.391. The molecule has 0 spiro atoms. The first kappa shape index (κ1) is 37.3. The third-order valence-electron chi connectivity index (χ3n) is 5.26. The minimum absolute atomic E-state index is 0.0478. The van der Waals surface area contributed by atoms with Gasteiger partial charge >= 0.3 is 23.9 Å². The quantitative estimate of drug-likeness (QED) is 0.0774. The van der Waals surface area contributed by atoms with Crippen LogP contribution in [0, 0.1) is 0 Å². The fraction of sp³-hybridized carbons (Fsp3) is 0.333. The van der Waals surface area contributed by atoms with Crippen molar-refractivity contribution in [1.29, 1.82) is 0 Å². The first-order chi connectivity index (χ1) is 21.2. The summed E-state index contributed by atoms with van der Waals surface area (Å²) >= 11 is 6.20. The molecule has 14 heteroatoms. The molecule has 0 radical (unpaired) electrons. The lowest BCUT2D eigenvalue weighted by molar-refractivity contribution is -0.147. The molecule has 2 atom stereocenters. The van der Waals surface area contributed by atoms with Crippen LogP contribution in [0.4, 0.5) is 0 Å². The Morgan fingerprint density at radius 1 is 0.614 bits per heavy atom. The Bertz CT molecular complexity index is 1150. The zero-order chi connectivity index (χ0) is 32.2. The van der Waals surface area contributed by atoms with Crippen molar-refractivity contribution < 1.29 is 48.3 Å². The van der Waals surface area contributed by atoms with Crippen molar-refractivity contribution in [2.45, 2.75) is 31.8 Å². The maximum Gasteiger partial charge on any atom is 0.331 e. The second kappa shape index (κ2) is 21.8. The molecule has 2 aromatic rings. The first-order valence-corrected chi connectivity index (χ1v) is 17.5. The number of benzene rings is 2. The summed E-state index contributed by atoms with van der Waals surface area (Å²) in [7, 11) is 0. The highest BCUT2D eigenvalue weighted by Gasteiger charge is 2.17. The summed E-state index contributed by atoms with van der Waals surface area (Å²) in [5.41, 5.74) is 0. The molecule has 2 N–H and O–H groups in total. The lowest BCUT2D eigenvalue weighted by Crippen LogP contribution is -2.28. The van der Waals surface area contributed by atoms with Crippen LogP contribution >= 0.6 is 47.0 Å². The number of esters is 2. The minimum atomic E-state index is -1.26. The number of ether oxygens (including phenoxy) is 4. The predicted molar refractivity (Wildman–Crippen MR) is 173 cm³/mol. The van der Waals surface area contributed by atoms with Crippen molar-refractivity contribution in [2.75, 3.05) is 50.4 Å². The molecule has 0 saturated heterocycles. The number of carbonyl (C=O) groups is 4. The van der Waals surface area contributed by atoms with E-state index >= 15 is 0 Å². The van der Waals surface area contributed by atoms with E-state index in [1.54, 1.807) is 23.5 Å². The van der Waals surface area contributed by atoms with Crippen LogP contribution in [0.5, 0.6) is 0 Å². The molecule has 2 unspecified atom stereocenters. The summed E-state index contributed by atoms with van der Waals surface area (Å²) < 4.78 is 22.1. The molecular weight excluding hydrogens is 649 g/mol. The van der Waals surface area contributed by atoms with Crippen molar-refractivity contribution in [2.24, 2.45) is 0 Å². The topological polar surface area (TPSA) is 146 Å². The summed E-state index contributed by atoms with van der Waals surface area (Å²) in [5.74, 6) is -3.35. The fourth-order valence-corrected chi connectivity index (χ4v) is 5.75. The summed E-state index contributed by atoms with van der Waals surface area (Å²) in [5, 5.41) is 17.5. The highest BCUT2D eigenvalue weighted by atomic mass is 32.2. The van der Waals surface area contributed by atoms with Crippen LogP contribution in [0.25, 0.3) is 0 Å². The number of carboxylic acids is 2. The number of aliphatic carboxylic acids is 2. The monoisotopic (exact) mass is 682 g/mol. The Labute approximate surface area is 273 Å². The van der Waals surface area contributed by atoms with Gasteiger partial charge in [-0.3, -0.25) is 0 Å². The van der Waals surface area contributed by atoms with Crippen LogP contribution in [-0.2, 0) is 38.1 Å². The molecule has 44 heavy (non-hydrogen) atoms. The van der Waals surface area contributed by atoms with Gasteiger partial charge in [0.1, 0.15) is 12.2 Å². The van der Waals surface area contributed by atoms with Crippen molar-refractivity contribution in [1.82, 2.24) is 0 Å². The molecule has 0 aliphatic heterocycles. The number of carbonyl (C=O) groups excluding carboxylic acids is 2. The molecule has 0 bridgehead atoms. The molecule has 0 saturated carbocycles. The summed E-state index contributed by atoms with van der Waals surface area (Å²) in [6.07, 6.45) is 5.77. The maximum absolute atomic E-state index is 12.1. The number of thioether (sulfide) groups is 4. The lowest BCUT2D eigenvalue weighted by atomic mass is 10.4. The molecule has 238 valence electrons. The molecule has 0 amide bonds. The van der Waals surface area contributed by atoms with Crippen molar-refractivity contribution in [3.63, 3.8) is 0 Å². The van der Waals surface area contributed by atoms with E-state index in [-0.39, 0.29) is 26.4 Å². The highest BCUT2D eigenvalue weighted by molar-refractivity contribution is 8.00. The number of rotatable bonds is 21. The van der Waals surface area contributed by atoms with Crippen LogP contribution in [0.15, 0.2) is 92.4 Å². The number of carboxylic acid groups (broad SMARTS) is 2. The maximum atomic E-state index is 12.1. The average Bonchev–Trinajstić information content (AvgIpc) is 3.02. The van der Waals surface area contributed by atoms with Crippen LogP contribution < -0.4 is 0 Å². The van der Waals surface area contributed by atoms with Gasteiger partial charge in [-0.2, -0.15) is 0 Å². The highest BCUT2D eigenvalue weighted by Crippen LogP contribution is 2.24. The molecule has 0 aliphatic rings. The summed E-state index contributed by atoms with van der Waals surface area (Å²) in [6, 6.07) is 15.8. The van der Waals surface area contributed by atoms with Crippen molar-refractivity contribution in [3.8, 4) is 0 Å². The third-order valence-corrected chi connectivity index (χ3v) is 9.03. The Morgan fingerprint density at radius 3 is 1.27 bits per heavy atom. The summed E-state index contributed by atoms with van der Waals surface area (Å²) in [4.78, 5) is 49.8. The van der Waals surface area contributed by atoms with Crippen LogP contribution in [0.3, 0.4) is 0 Å². The van der Waals surface area contributed by atoms with Gasteiger partial charge in [0.05, 0.1) is 26.4 Å². The smallest absolute Gasteiger partial charge is 0.331 e. The molecule has 10 nitrogen and oxygen atoms in total. The van der Waals surface area contributed by atoms with E-state index in [1.165, 1.54) is 23.5 Å². The van der Waals surface area contributed by atoms with Gasteiger partial charge < -0.3 is 29.2 Å². The largest absolute Gasteiger partial charge is 0.478 e. The van der Waals surface area contributed by atoms with E-state index in [9.17, 15) is 19.2 Å². The predicted octanol–water partition coefficient (Wildman–Crippen LogP) is 5.15. The van der Waals surface area contributed by atoms with Crippen molar-refractivity contribution in [3.05, 3.63) is 72.8 Å². The van der Waals surface area contributed by atoms with E-state index in [4.69, 9.17) is 29.2 Å². The third kappa shape index (κ3) is 16.8. The van der Waals surface area contributed by atoms with Crippen LogP contribution in [-0.4, -0.2) is 96.7 Å². The molecular formula is C30H34O10S4. The van der Waals surface area contributed by atoms with E-state index in [1.807, 2.05) is 61.0 Å². The number of hydrogen-bond acceptors (Lipinski definition) is 12. The van der Waals surface area contributed by atoms with E-state index in [0.717, 1.165) is 31.7 Å². The van der Waals surface area contributed by atoms with E-state index in [0.29, 0.717) is 23.7 Å². The zero-order valence-corrected chi connectivity index (χ0v) is 27.4. The van der Waals surface area contributed by atoms with E-state index in [2.05, 4.69) is 0 Å². The standard InChI is InChI=1S/C30H34O10S4/c1-41-23-3-7-25(8-4-23)43-19-21(39-29(35)13-11-27(31)32)17-37-15-16-38-18-22(40-30(36)14-12-28(33)34)20-44-26-9-5-24(42-2)6-10-26/h3-14,21-22H,15-20H2,1-2H3,(H,31,32)(H,33,34)/b13-11-,14-12-. The van der Waals surface area contributed by atoms with Crippen LogP contribution in [0.1, 0.15) is 0 Å². The van der Waals surface area contributed by atoms with Gasteiger partial charge in [0.25, 0.3) is 0 Å². The fourth-order valence-electron chi connectivity index (χ4n) is 3.19. The molecule has 0 aromatic heterocycles. The SMILES string of the molecule is CSc1ccc(SCC(COCCOCC(CSc2ccc(SC)cc2)OC(=O)/C=C\C(=O)O)OC(=O)/C=C\C(=O)O)cc1. The van der Waals surface area contributed by atoms with Crippen LogP contribution in [0.2, 0.25) is 0 Å². The lowest BCUT2D eigenvalue weighted by Gasteiger charge is -2.19. The normalized spacial score (nSPS) is 12.7. The second-order valence-electron chi connectivity index (χ2n) is 8.58. The molecule has 2 aromatic carbocycles. The van der Waals surface area contributed by atoms with Gasteiger partial charge in [0, 0.05) is 55.4 Å². The molecule has 0 heterocycles.